The first-order valence-electron chi connectivity index (χ1n) is 13.7. The maximum absolute atomic E-state index is 13.7. The van der Waals surface area contributed by atoms with Crippen molar-refractivity contribution < 1.29 is 84.3 Å². The summed E-state index contributed by atoms with van der Waals surface area (Å²) < 4.78 is 32.8. The molecule has 0 radical (unpaired) electrons. The number of hydrogen-bond donors (Lipinski definition) is 11. The fourth-order valence-electron chi connectivity index (χ4n) is 5.11. The molecule has 18 heteroatoms. The number of methoxy groups -OCH3 is 1. The van der Waals surface area contributed by atoms with Gasteiger partial charge in [-0.05, 0) is 12.1 Å². The highest BCUT2D eigenvalue weighted by atomic mass is 16.7. The van der Waals surface area contributed by atoms with Gasteiger partial charge in [0.15, 0.2) is 23.5 Å². The summed E-state index contributed by atoms with van der Waals surface area (Å²) in [7, 11) is 1.17. The minimum Gasteiger partial charge on any atom is -0.508 e. The molecular weight excluding hydrogens is 624 g/mol. The second kappa shape index (κ2) is 13.0. The Morgan fingerprint density at radius 1 is 0.761 bits per heavy atom. The van der Waals surface area contributed by atoms with Gasteiger partial charge in [-0.3, -0.25) is 4.79 Å². The van der Waals surface area contributed by atoms with Crippen LogP contribution in [0, 0.1) is 0 Å². The van der Waals surface area contributed by atoms with Crippen molar-refractivity contribution in [2.75, 3.05) is 20.3 Å². The Balaban J connectivity index is 1.50. The van der Waals surface area contributed by atoms with Crippen molar-refractivity contribution in [3.05, 3.63) is 34.5 Å². The normalized spacial score (nSPS) is 31.6. The second-order valence-corrected chi connectivity index (χ2v) is 10.6. The molecule has 2 fully saturated rings. The number of aromatic hydroxyl groups is 4. The Morgan fingerprint density at radius 3 is 2.04 bits per heavy atom. The van der Waals surface area contributed by atoms with Crippen molar-refractivity contribution in [2.24, 2.45) is 0 Å². The van der Waals surface area contributed by atoms with Crippen LogP contribution in [-0.4, -0.2) is 138 Å². The van der Waals surface area contributed by atoms with E-state index in [1.807, 2.05) is 0 Å². The largest absolute Gasteiger partial charge is 0.508 e. The van der Waals surface area contributed by atoms with E-state index in [4.69, 9.17) is 28.1 Å². The average molecular weight is 657 g/mol. The summed E-state index contributed by atoms with van der Waals surface area (Å²) in [5.41, 5.74) is -1.56. The maximum Gasteiger partial charge on any atom is 0.239 e. The summed E-state index contributed by atoms with van der Waals surface area (Å²) in [4.78, 5) is 13.7. The lowest BCUT2D eigenvalue weighted by atomic mass is 9.98. The zero-order valence-electron chi connectivity index (χ0n) is 23.8. The molecule has 0 saturated carbocycles. The van der Waals surface area contributed by atoms with Crippen LogP contribution in [0.5, 0.6) is 34.5 Å². The van der Waals surface area contributed by atoms with Gasteiger partial charge < -0.3 is 84.3 Å². The van der Waals surface area contributed by atoms with E-state index in [0.29, 0.717) is 0 Å². The third-order valence-corrected chi connectivity index (χ3v) is 7.63. The van der Waals surface area contributed by atoms with Crippen LogP contribution in [0.25, 0.3) is 22.3 Å². The molecule has 5 rings (SSSR count). The minimum absolute atomic E-state index is 0.141. The number of phenols is 4. The number of aliphatic hydroxyl groups excluding tert-OH is 7. The molecule has 2 saturated heterocycles. The molecule has 0 bridgehead atoms. The number of benzene rings is 2. The minimum atomic E-state index is -2.03. The molecule has 2 aliphatic rings. The molecule has 2 aliphatic heterocycles. The highest BCUT2D eigenvalue weighted by molar-refractivity contribution is 5.88. The van der Waals surface area contributed by atoms with Gasteiger partial charge in [0.25, 0.3) is 0 Å². The maximum atomic E-state index is 13.7. The topological polar surface area (TPSA) is 299 Å². The molecule has 2 aromatic carbocycles. The first kappa shape index (κ1) is 33.4. The van der Waals surface area contributed by atoms with E-state index in [0.717, 1.165) is 24.3 Å². The van der Waals surface area contributed by atoms with Gasteiger partial charge >= 0.3 is 0 Å². The van der Waals surface area contributed by atoms with Crippen LogP contribution < -0.4 is 14.9 Å². The number of fused-ring (bicyclic) bond motifs is 1. The van der Waals surface area contributed by atoms with Crippen molar-refractivity contribution in [3.63, 3.8) is 0 Å². The SMILES string of the molecule is COc1cc(-c2oc3cc(O)cc(O)c3c(=O)c2OC2OC(COC3OC(CO)C(O)C(O)C3O)C(O)C(O)C2O)cc(O)c1O. The van der Waals surface area contributed by atoms with Gasteiger partial charge in [0.2, 0.25) is 23.2 Å². The van der Waals surface area contributed by atoms with Gasteiger partial charge in [0.05, 0.1) is 20.3 Å². The van der Waals surface area contributed by atoms with Crippen molar-refractivity contribution in [2.45, 2.75) is 61.4 Å². The van der Waals surface area contributed by atoms with Gasteiger partial charge in [0.1, 0.15) is 71.3 Å². The molecule has 3 aromatic rings. The third-order valence-electron chi connectivity index (χ3n) is 7.63. The number of hydrogen-bond acceptors (Lipinski definition) is 18. The summed E-state index contributed by atoms with van der Waals surface area (Å²) in [6, 6.07) is 3.95. The van der Waals surface area contributed by atoms with Crippen LogP contribution in [-0.2, 0) is 14.2 Å². The summed E-state index contributed by atoms with van der Waals surface area (Å²) >= 11 is 0. The van der Waals surface area contributed by atoms with Crippen molar-refractivity contribution in [3.8, 4) is 45.8 Å². The first-order valence-corrected chi connectivity index (χ1v) is 13.7. The Labute approximate surface area is 257 Å². The van der Waals surface area contributed by atoms with Crippen LogP contribution in [0.15, 0.2) is 33.5 Å². The second-order valence-electron chi connectivity index (χ2n) is 10.6. The van der Waals surface area contributed by atoms with E-state index in [2.05, 4.69) is 0 Å². The molecule has 18 nitrogen and oxygen atoms in total. The number of rotatable bonds is 8. The molecule has 0 amide bonds. The summed E-state index contributed by atoms with van der Waals surface area (Å²) in [5.74, 6) is -4.08. The molecule has 11 N–H and O–H groups in total. The van der Waals surface area contributed by atoms with Crippen LogP contribution in [0.1, 0.15) is 0 Å². The van der Waals surface area contributed by atoms with Gasteiger partial charge in [-0.2, -0.15) is 0 Å². The van der Waals surface area contributed by atoms with E-state index in [1.165, 1.54) is 7.11 Å². The molecule has 10 unspecified atom stereocenters. The number of aliphatic hydroxyl groups is 7. The number of phenolic OH excluding ortho intramolecular Hbond substituents is 4. The van der Waals surface area contributed by atoms with Crippen molar-refractivity contribution in [1.82, 2.24) is 0 Å². The Morgan fingerprint density at radius 2 is 1.39 bits per heavy atom. The van der Waals surface area contributed by atoms with Gasteiger partial charge in [-0.1, -0.05) is 0 Å². The highest BCUT2D eigenvalue weighted by Gasteiger charge is 2.48. The molecule has 46 heavy (non-hydrogen) atoms. The monoisotopic (exact) mass is 656 g/mol. The van der Waals surface area contributed by atoms with Crippen LogP contribution in [0.3, 0.4) is 0 Å². The summed E-state index contributed by atoms with van der Waals surface area (Å²) in [6.07, 6.45) is -17.6. The van der Waals surface area contributed by atoms with E-state index < -0.39 is 120 Å². The zero-order chi connectivity index (χ0) is 33.6. The Bertz CT molecular complexity index is 1620. The standard InChI is InChI=1S/C28H32O18/c1-41-13-3-8(2-11(32)17(13)33)25-26(20(36)16-10(31)4-9(30)5-12(16)43-25)46-28-24(40)22(38)19(35)15(45-28)7-42-27-23(39)21(37)18(34)14(6-29)44-27/h2-5,14-15,18-19,21-24,27-35,37-40H,6-7H2,1H3. The molecule has 10 atom stereocenters. The van der Waals surface area contributed by atoms with Crippen molar-refractivity contribution >= 4 is 11.0 Å². The molecule has 252 valence electrons. The lowest BCUT2D eigenvalue weighted by Gasteiger charge is -2.42. The molecule has 1 aromatic heterocycles. The molecule has 0 aliphatic carbocycles. The van der Waals surface area contributed by atoms with Gasteiger partial charge in [-0.15, -0.1) is 0 Å². The van der Waals surface area contributed by atoms with Crippen LogP contribution in [0.4, 0.5) is 0 Å². The van der Waals surface area contributed by atoms with Gasteiger partial charge in [-0.25, -0.2) is 0 Å². The van der Waals surface area contributed by atoms with Crippen LogP contribution >= 0.6 is 0 Å². The van der Waals surface area contributed by atoms with E-state index in [1.54, 1.807) is 0 Å². The van der Waals surface area contributed by atoms with Crippen molar-refractivity contribution in [1.29, 1.82) is 0 Å². The third kappa shape index (κ3) is 5.98. The van der Waals surface area contributed by atoms with Crippen LogP contribution in [0.2, 0.25) is 0 Å². The fraction of sp³-hybridized carbons (Fsp3) is 0.464. The van der Waals surface area contributed by atoms with E-state index in [-0.39, 0.29) is 16.9 Å². The fourth-order valence-corrected chi connectivity index (χ4v) is 5.11. The number of ether oxygens (including phenoxy) is 5. The first-order chi connectivity index (χ1) is 21.8. The predicted molar refractivity (Wildman–Crippen MR) is 148 cm³/mol. The Kier molecular flexibility index (Phi) is 9.47. The Hall–Kier alpha value is -3.95. The summed E-state index contributed by atoms with van der Waals surface area (Å²) in [5, 5.41) is 112. The van der Waals surface area contributed by atoms with E-state index in [9.17, 15) is 61.0 Å². The average Bonchev–Trinajstić information content (AvgIpc) is 3.02. The molecule has 3 heterocycles. The van der Waals surface area contributed by atoms with E-state index >= 15 is 0 Å². The summed E-state index contributed by atoms with van der Waals surface area (Å²) in [6.45, 7) is -1.44. The van der Waals surface area contributed by atoms with Gasteiger partial charge in [0, 0.05) is 17.7 Å². The quantitative estimate of drug-likeness (QED) is 0.110. The zero-order valence-corrected chi connectivity index (χ0v) is 23.8. The lowest BCUT2D eigenvalue weighted by molar-refractivity contribution is -0.323. The lowest BCUT2D eigenvalue weighted by Crippen LogP contribution is -2.62. The molecule has 0 spiro atoms. The smallest absolute Gasteiger partial charge is 0.239 e. The predicted octanol–water partition coefficient (Wildman–Crippen LogP) is -2.71. The molecular formula is C28H32O18. The highest BCUT2D eigenvalue weighted by Crippen LogP contribution is 2.43.